The average Bonchev–Trinajstić information content (AvgIpc) is 3.29. The van der Waals surface area contributed by atoms with Crippen molar-refractivity contribution in [1.82, 2.24) is 14.9 Å². The quantitative estimate of drug-likeness (QED) is 0.763. The van der Waals surface area contributed by atoms with Crippen molar-refractivity contribution in [2.24, 2.45) is 0 Å². The van der Waals surface area contributed by atoms with Gasteiger partial charge in [0.05, 0.1) is 11.0 Å². The fourth-order valence-corrected chi connectivity index (χ4v) is 3.48. The molecule has 26 heavy (non-hydrogen) atoms. The zero-order chi connectivity index (χ0) is 18.1. The van der Waals surface area contributed by atoms with Crippen molar-refractivity contribution in [1.29, 1.82) is 0 Å². The molecule has 1 unspecified atom stereocenters. The van der Waals surface area contributed by atoms with Crippen LogP contribution in [0.5, 0.6) is 0 Å². The van der Waals surface area contributed by atoms with Crippen molar-refractivity contribution in [2.75, 3.05) is 11.9 Å². The first-order chi connectivity index (χ1) is 12.6. The van der Waals surface area contributed by atoms with Crippen LogP contribution in [-0.2, 0) is 9.59 Å². The SMILES string of the molecule is CC(=O)N1CCCC1C(=O)Nc1cccc(-c2nc3ccccc3[nH]2)c1. The number of imidazole rings is 1. The monoisotopic (exact) mass is 348 g/mol. The molecule has 1 aromatic heterocycles. The maximum absolute atomic E-state index is 12.6. The van der Waals surface area contributed by atoms with E-state index >= 15 is 0 Å². The number of likely N-dealkylation sites (tertiary alicyclic amines) is 1. The number of nitrogens with one attached hydrogen (secondary N) is 2. The molecule has 4 rings (SSSR count). The van der Waals surface area contributed by atoms with Crippen molar-refractivity contribution < 1.29 is 9.59 Å². The Labute approximate surface area is 151 Å². The van der Waals surface area contributed by atoms with E-state index in [1.54, 1.807) is 4.90 Å². The van der Waals surface area contributed by atoms with Crippen LogP contribution in [0.25, 0.3) is 22.4 Å². The Kier molecular flexibility index (Phi) is 4.16. The van der Waals surface area contributed by atoms with Gasteiger partial charge in [0.15, 0.2) is 0 Å². The van der Waals surface area contributed by atoms with Gasteiger partial charge >= 0.3 is 0 Å². The number of aromatic nitrogens is 2. The highest BCUT2D eigenvalue weighted by Crippen LogP contribution is 2.24. The molecule has 0 aliphatic carbocycles. The number of hydrogen-bond donors (Lipinski definition) is 2. The zero-order valence-electron chi connectivity index (χ0n) is 14.5. The fraction of sp³-hybridized carbons (Fsp3) is 0.250. The van der Waals surface area contributed by atoms with Gasteiger partial charge in [-0.15, -0.1) is 0 Å². The molecule has 0 bridgehead atoms. The second kappa shape index (κ2) is 6.63. The number of nitrogens with zero attached hydrogens (tertiary/aromatic N) is 2. The minimum atomic E-state index is -0.387. The predicted molar refractivity (Wildman–Crippen MR) is 101 cm³/mol. The van der Waals surface area contributed by atoms with Gasteiger partial charge in [-0.2, -0.15) is 0 Å². The summed E-state index contributed by atoms with van der Waals surface area (Å²) in [6.45, 7) is 2.15. The molecule has 132 valence electrons. The summed E-state index contributed by atoms with van der Waals surface area (Å²) in [6, 6.07) is 15.0. The molecule has 1 saturated heterocycles. The molecule has 2 heterocycles. The molecule has 2 N–H and O–H groups in total. The lowest BCUT2D eigenvalue weighted by Gasteiger charge is -2.22. The number of aromatic amines is 1. The molecule has 1 fully saturated rings. The van der Waals surface area contributed by atoms with Crippen molar-refractivity contribution in [2.45, 2.75) is 25.8 Å². The first kappa shape index (κ1) is 16.3. The van der Waals surface area contributed by atoms with Crippen LogP contribution >= 0.6 is 0 Å². The molecule has 1 atom stereocenters. The number of amides is 2. The number of carbonyl (C=O) groups excluding carboxylic acids is 2. The summed E-state index contributed by atoms with van der Waals surface area (Å²) in [5.74, 6) is 0.562. The second-order valence-corrected chi connectivity index (χ2v) is 6.54. The van der Waals surface area contributed by atoms with E-state index in [1.807, 2.05) is 48.5 Å². The van der Waals surface area contributed by atoms with Crippen LogP contribution in [-0.4, -0.2) is 39.3 Å². The summed E-state index contributed by atoms with van der Waals surface area (Å²) in [6.07, 6.45) is 1.56. The largest absolute Gasteiger partial charge is 0.338 e. The lowest BCUT2D eigenvalue weighted by atomic mass is 10.1. The molecule has 6 heteroatoms. The molecule has 6 nitrogen and oxygen atoms in total. The van der Waals surface area contributed by atoms with Gasteiger partial charge in [0.25, 0.3) is 0 Å². The lowest BCUT2D eigenvalue weighted by molar-refractivity contribution is -0.134. The number of anilines is 1. The molecule has 0 spiro atoms. The fourth-order valence-electron chi connectivity index (χ4n) is 3.48. The lowest BCUT2D eigenvalue weighted by Crippen LogP contribution is -2.42. The predicted octanol–water partition coefficient (Wildman–Crippen LogP) is 3.18. The Morgan fingerprint density at radius 1 is 1.19 bits per heavy atom. The molecule has 2 aromatic carbocycles. The topological polar surface area (TPSA) is 78.1 Å². The van der Waals surface area contributed by atoms with E-state index in [1.165, 1.54) is 6.92 Å². The van der Waals surface area contributed by atoms with E-state index in [-0.39, 0.29) is 17.9 Å². The van der Waals surface area contributed by atoms with Gasteiger partial charge in [-0.1, -0.05) is 24.3 Å². The number of benzene rings is 2. The number of fused-ring (bicyclic) bond motifs is 1. The van der Waals surface area contributed by atoms with Gasteiger partial charge in [-0.25, -0.2) is 4.98 Å². The number of hydrogen-bond acceptors (Lipinski definition) is 3. The normalized spacial score (nSPS) is 16.8. The summed E-state index contributed by atoms with van der Waals surface area (Å²) < 4.78 is 0. The maximum Gasteiger partial charge on any atom is 0.247 e. The molecule has 0 radical (unpaired) electrons. The van der Waals surface area contributed by atoms with Crippen LogP contribution < -0.4 is 5.32 Å². The van der Waals surface area contributed by atoms with E-state index in [0.29, 0.717) is 18.7 Å². The summed E-state index contributed by atoms with van der Waals surface area (Å²) in [5, 5.41) is 2.94. The first-order valence-corrected chi connectivity index (χ1v) is 8.75. The van der Waals surface area contributed by atoms with Gasteiger partial charge in [0, 0.05) is 24.7 Å². The third-order valence-electron chi connectivity index (χ3n) is 4.75. The minimum Gasteiger partial charge on any atom is -0.338 e. The highest BCUT2D eigenvalue weighted by molar-refractivity contribution is 5.97. The highest BCUT2D eigenvalue weighted by Gasteiger charge is 2.32. The van der Waals surface area contributed by atoms with Crippen LogP contribution in [0.3, 0.4) is 0 Å². The number of carbonyl (C=O) groups is 2. The van der Waals surface area contributed by atoms with E-state index < -0.39 is 0 Å². The second-order valence-electron chi connectivity index (χ2n) is 6.54. The van der Waals surface area contributed by atoms with Crippen molar-refractivity contribution in [3.63, 3.8) is 0 Å². The minimum absolute atomic E-state index is 0.0568. The Morgan fingerprint density at radius 3 is 2.85 bits per heavy atom. The summed E-state index contributed by atoms with van der Waals surface area (Å²) in [7, 11) is 0. The summed E-state index contributed by atoms with van der Waals surface area (Å²) in [4.78, 5) is 33.8. The number of para-hydroxylation sites is 2. The number of rotatable bonds is 3. The Bertz CT molecular complexity index is 946. The van der Waals surface area contributed by atoms with Gasteiger partial charge in [-0.05, 0) is 37.1 Å². The summed E-state index contributed by atoms with van der Waals surface area (Å²) >= 11 is 0. The van der Waals surface area contributed by atoms with Gasteiger partial charge in [-0.3, -0.25) is 9.59 Å². The standard InChI is InChI=1S/C20H20N4O2/c1-13(25)24-11-5-10-18(24)20(26)21-15-7-4-6-14(12-15)19-22-16-8-2-3-9-17(16)23-19/h2-4,6-9,12,18H,5,10-11H2,1H3,(H,21,26)(H,22,23). The van der Waals surface area contributed by atoms with Crippen LogP contribution in [0.4, 0.5) is 5.69 Å². The zero-order valence-corrected chi connectivity index (χ0v) is 14.5. The van der Waals surface area contributed by atoms with Gasteiger partial charge < -0.3 is 15.2 Å². The van der Waals surface area contributed by atoms with Crippen LogP contribution in [0, 0.1) is 0 Å². The van der Waals surface area contributed by atoms with E-state index in [4.69, 9.17) is 0 Å². The van der Waals surface area contributed by atoms with Crippen LogP contribution in [0.1, 0.15) is 19.8 Å². The molecular weight excluding hydrogens is 328 g/mol. The number of H-pyrrole nitrogens is 1. The Balaban J connectivity index is 1.56. The third kappa shape index (κ3) is 3.06. The molecule has 2 amide bonds. The average molecular weight is 348 g/mol. The van der Waals surface area contributed by atoms with E-state index in [9.17, 15) is 9.59 Å². The molecule has 3 aromatic rings. The smallest absolute Gasteiger partial charge is 0.247 e. The first-order valence-electron chi connectivity index (χ1n) is 8.75. The Hall–Kier alpha value is -3.15. The van der Waals surface area contributed by atoms with Crippen molar-refractivity contribution in [3.8, 4) is 11.4 Å². The van der Waals surface area contributed by atoms with Crippen molar-refractivity contribution in [3.05, 3.63) is 48.5 Å². The summed E-state index contributed by atoms with van der Waals surface area (Å²) in [5.41, 5.74) is 3.47. The molecule has 1 aliphatic heterocycles. The van der Waals surface area contributed by atoms with Gasteiger partial charge in [0.2, 0.25) is 11.8 Å². The Morgan fingerprint density at radius 2 is 2.04 bits per heavy atom. The van der Waals surface area contributed by atoms with E-state index in [2.05, 4.69) is 15.3 Å². The highest BCUT2D eigenvalue weighted by atomic mass is 16.2. The van der Waals surface area contributed by atoms with Crippen LogP contribution in [0.15, 0.2) is 48.5 Å². The van der Waals surface area contributed by atoms with E-state index in [0.717, 1.165) is 28.8 Å². The molecular formula is C20H20N4O2. The van der Waals surface area contributed by atoms with Gasteiger partial charge in [0.1, 0.15) is 11.9 Å². The van der Waals surface area contributed by atoms with Crippen molar-refractivity contribution >= 4 is 28.5 Å². The van der Waals surface area contributed by atoms with Crippen LogP contribution in [0.2, 0.25) is 0 Å². The molecule has 1 aliphatic rings. The maximum atomic E-state index is 12.6. The third-order valence-corrected chi connectivity index (χ3v) is 4.75. The molecule has 0 saturated carbocycles.